The van der Waals surface area contributed by atoms with Crippen molar-refractivity contribution >= 4 is 5.91 Å². The van der Waals surface area contributed by atoms with Crippen molar-refractivity contribution in [3.63, 3.8) is 0 Å². The van der Waals surface area contributed by atoms with Crippen LogP contribution in [0.15, 0.2) is 42.5 Å². The Labute approximate surface area is 129 Å². The Kier molecular flexibility index (Phi) is 4.37. The summed E-state index contributed by atoms with van der Waals surface area (Å²) in [6, 6.07) is 12.5. The third kappa shape index (κ3) is 3.45. The summed E-state index contributed by atoms with van der Waals surface area (Å²) in [5.41, 5.74) is 2.83. The second-order valence-electron chi connectivity index (χ2n) is 5.41. The van der Waals surface area contributed by atoms with Crippen LogP contribution in [0.2, 0.25) is 0 Å². The molecule has 4 heteroatoms. The molecule has 2 aromatic rings. The van der Waals surface area contributed by atoms with Gasteiger partial charge in [0.1, 0.15) is 11.6 Å². The first kappa shape index (κ1) is 14.6. The summed E-state index contributed by atoms with van der Waals surface area (Å²) in [6.07, 6.45) is 1.78. The van der Waals surface area contributed by atoms with Gasteiger partial charge in [-0.05, 0) is 35.2 Å². The Morgan fingerprint density at radius 2 is 2.09 bits per heavy atom. The molecule has 0 spiro atoms. The van der Waals surface area contributed by atoms with Gasteiger partial charge < -0.3 is 10.1 Å². The smallest absolute Gasteiger partial charge is 0.224 e. The maximum atomic E-state index is 13.5. The van der Waals surface area contributed by atoms with Gasteiger partial charge in [-0.3, -0.25) is 4.79 Å². The molecule has 1 heterocycles. The fraction of sp³-hybridized carbons (Fsp3) is 0.278. The highest BCUT2D eigenvalue weighted by Gasteiger charge is 2.12. The largest absolute Gasteiger partial charge is 0.493 e. The maximum absolute atomic E-state index is 13.5. The third-order valence-electron chi connectivity index (χ3n) is 3.80. The Hall–Kier alpha value is -2.36. The molecular weight excluding hydrogens is 281 g/mol. The molecule has 0 aromatic heterocycles. The maximum Gasteiger partial charge on any atom is 0.224 e. The number of hydrogen-bond acceptors (Lipinski definition) is 2. The van der Waals surface area contributed by atoms with Crippen LogP contribution >= 0.6 is 0 Å². The molecule has 3 rings (SSSR count). The van der Waals surface area contributed by atoms with E-state index >= 15 is 0 Å². The molecule has 0 bridgehead atoms. The minimum atomic E-state index is -0.337. The number of fused-ring (bicyclic) bond motifs is 1. The standard InChI is InChI=1S/C18H18FNO2/c19-16-4-2-1-3-14(16)12-18(21)20-9-7-13-5-6-17-15(11-13)8-10-22-17/h1-6,11H,7-10,12H2,(H,20,21). The predicted octanol–water partition coefficient (Wildman–Crippen LogP) is 2.66. The van der Waals surface area contributed by atoms with Crippen molar-refractivity contribution in [3.8, 4) is 5.75 Å². The minimum Gasteiger partial charge on any atom is -0.493 e. The lowest BCUT2D eigenvalue weighted by Gasteiger charge is -2.07. The van der Waals surface area contributed by atoms with Crippen molar-refractivity contribution in [1.82, 2.24) is 5.32 Å². The van der Waals surface area contributed by atoms with Gasteiger partial charge in [0.05, 0.1) is 13.0 Å². The van der Waals surface area contributed by atoms with Crippen molar-refractivity contribution in [2.24, 2.45) is 0 Å². The van der Waals surface area contributed by atoms with E-state index in [9.17, 15) is 9.18 Å². The van der Waals surface area contributed by atoms with Crippen LogP contribution in [0, 0.1) is 5.82 Å². The second-order valence-corrected chi connectivity index (χ2v) is 5.41. The summed E-state index contributed by atoms with van der Waals surface area (Å²) in [5, 5.41) is 2.84. The van der Waals surface area contributed by atoms with Crippen LogP contribution in [0.4, 0.5) is 4.39 Å². The normalized spacial score (nSPS) is 12.6. The predicted molar refractivity (Wildman–Crippen MR) is 82.5 cm³/mol. The molecule has 2 aromatic carbocycles. The summed E-state index contributed by atoms with van der Waals surface area (Å²) in [4.78, 5) is 11.8. The second kappa shape index (κ2) is 6.60. The average molecular weight is 299 g/mol. The monoisotopic (exact) mass is 299 g/mol. The van der Waals surface area contributed by atoms with Gasteiger partial charge in [-0.1, -0.05) is 30.3 Å². The Balaban J connectivity index is 1.49. The van der Waals surface area contributed by atoms with Crippen LogP contribution in [-0.2, 0) is 24.1 Å². The number of carbonyl (C=O) groups excluding carboxylic acids is 1. The van der Waals surface area contributed by atoms with Gasteiger partial charge in [0.2, 0.25) is 5.91 Å². The highest BCUT2D eigenvalue weighted by atomic mass is 19.1. The van der Waals surface area contributed by atoms with Crippen LogP contribution in [0.5, 0.6) is 5.75 Å². The summed E-state index contributed by atoms with van der Waals surface area (Å²) in [6.45, 7) is 1.30. The van der Waals surface area contributed by atoms with Gasteiger partial charge in [-0.25, -0.2) is 4.39 Å². The molecule has 114 valence electrons. The van der Waals surface area contributed by atoms with E-state index < -0.39 is 0 Å². The molecule has 0 fully saturated rings. The fourth-order valence-electron chi connectivity index (χ4n) is 2.62. The average Bonchev–Trinajstić information content (AvgIpc) is 2.97. The molecule has 22 heavy (non-hydrogen) atoms. The zero-order chi connectivity index (χ0) is 15.4. The highest BCUT2D eigenvalue weighted by molar-refractivity contribution is 5.78. The number of carbonyl (C=O) groups is 1. The summed E-state index contributed by atoms with van der Waals surface area (Å²) in [7, 11) is 0. The lowest BCUT2D eigenvalue weighted by molar-refractivity contribution is -0.120. The number of nitrogens with one attached hydrogen (secondary N) is 1. The summed E-state index contributed by atoms with van der Waals surface area (Å²) < 4.78 is 18.9. The molecule has 1 aliphatic heterocycles. The molecule has 0 unspecified atom stereocenters. The topological polar surface area (TPSA) is 38.3 Å². The number of hydrogen-bond donors (Lipinski definition) is 1. The van der Waals surface area contributed by atoms with Gasteiger partial charge in [0, 0.05) is 13.0 Å². The number of halogens is 1. The fourth-order valence-corrected chi connectivity index (χ4v) is 2.62. The van der Waals surface area contributed by atoms with Crippen molar-refractivity contribution in [2.45, 2.75) is 19.3 Å². The number of ether oxygens (including phenoxy) is 1. The summed E-state index contributed by atoms with van der Waals surface area (Å²) >= 11 is 0. The van der Waals surface area contributed by atoms with E-state index in [1.54, 1.807) is 18.2 Å². The van der Waals surface area contributed by atoms with E-state index in [1.165, 1.54) is 17.2 Å². The van der Waals surface area contributed by atoms with Crippen molar-refractivity contribution in [1.29, 1.82) is 0 Å². The Morgan fingerprint density at radius 1 is 1.23 bits per heavy atom. The molecule has 1 amide bonds. The van der Waals surface area contributed by atoms with E-state index in [-0.39, 0.29) is 18.1 Å². The molecule has 0 atom stereocenters. The zero-order valence-corrected chi connectivity index (χ0v) is 12.3. The van der Waals surface area contributed by atoms with E-state index in [1.807, 2.05) is 12.1 Å². The molecule has 1 N–H and O–H groups in total. The van der Waals surface area contributed by atoms with Crippen LogP contribution in [0.25, 0.3) is 0 Å². The van der Waals surface area contributed by atoms with Crippen molar-refractivity contribution < 1.29 is 13.9 Å². The zero-order valence-electron chi connectivity index (χ0n) is 12.3. The molecule has 0 saturated carbocycles. The first-order valence-electron chi connectivity index (χ1n) is 7.47. The van der Waals surface area contributed by atoms with E-state index in [0.29, 0.717) is 12.1 Å². The molecule has 1 aliphatic rings. The number of benzene rings is 2. The van der Waals surface area contributed by atoms with E-state index in [4.69, 9.17) is 4.74 Å². The van der Waals surface area contributed by atoms with E-state index in [0.717, 1.165) is 25.2 Å². The van der Waals surface area contributed by atoms with Gasteiger partial charge in [-0.15, -0.1) is 0 Å². The quantitative estimate of drug-likeness (QED) is 0.922. The van der Waals surface area contributed by atoms with E-state index in [2.05, 4.69) is 11.4 Å². The van der Waals surface area contributed by atoms with Crippen LogP contribution < -0.4 is 10.1 Å². The third-order valence-corrected chi connectivity index (χ3v) is 3.80. The van der Waals surface area contributed by atoms with Gasteiger partial charge in [-0.2, -0.15) is 0 Å². The Bertz CT molecular complexity index is 685. The molecule has 0 radical (unpaired) electrons. The van der Waals surface area contributed by atoms with Crippen LogP contribution in [0.3, 0.4) is 0 Å². The molecule has 0 saturated heterocycles. The van der Waals surface area contributed by atoms with Crippen molar-refractivity contribution in [3.05, 3.63) is 65.0 Å². The van der Waals surface area contributed by atoms with Crippen LogP contribution in [-0.4, -0.2) is 19.1 Å². The SMILES string of the molecule is O=C(Cc1ccccc1F)NCCc1ccc2c(c1)CCO2. The number of amides is 1. The first-order valence-corrected chi connectivity index (χ1v) is 7.47. The molecule has 0 aliphatic carbocycles. The van der Waals surface area contributed by atoms with Gasteiger partial charge in [0.25, 0.3) is 0 Å². The van der Waals surface area contributed by atoms with Crippen LogP contribution in [0.1, 0.15) is 16.7 Å². The minimum absolute atomic E-state index is 0.0741. The molecular formula is C18H18FNO2. The lowest BCUT2D eigenvalue weighted by atomic mass is 10.1. The van der Waals surface area contributed by atoms with Gasteiger partial charge in [0.15, 0.2) is 0 Å². The first-order chi connectivity index (χ1) is 10.7. The van der Waals surface area contributed by atoms with Gasteiger partial charge >= 0.3 is 0 Å². The lowest BCUT2D eigenvalue weighted by Crippen LogP contribution is -2.27. The summed E-state index contributed by atoms with van der Waals surface area (Å²) in [5.74, 6) is 0.471. The number of rotatable bonds is 5. The van der Waals surface area contributed by atoms with Crippen molar-refractivity contribution in [2.75, 3.05) is 13.2 Å². The Morgan fingerprint density at radius 3 is 2.95 bits per heavy atom. The highest BCUT2D eigenvalue weighted by Crippen LogP contribution is 2.25. The molecule has 3 nitrogen and oxygen atoms in total.